The molecule has 1 aliphatic heterocycles. The van der Waals surface area contributed by atoms with Gasteiger partial charge in [-0.2, -0.15) is 18.3 Å². The molecule has 28 heavy (non-hydrogen) atoms. The average Bonchev–Trinajstić information content (AvgIpc) is 3.03. The first-order valence-corrected chi connectivity index (χ1v) is 9.07. The summed E-state index contributed by atoms with van der Waals surface area (Å²) < 4.78 is 40.1. The second-order valence-electron chi connectivity index (χ2n) is 6.86. The fourth-order valence-electron chi connectivity index (χ4n) is 3.36. The molecule has 1 aromatic heterocycles. The number of piperidine rings is 1. The maximum atomic E-state index is 12.9. The maximum absolute atomic E-state index is 12.9. The standard InChI is InChI=1S/C19H23F3N4O.ClH/c1-13-17(18(27)24-9-7-14-4-3-8-23-11-14)12-25-26(13)16-6-2-5-15(10-16)19(20,21)22;/h2,5-6,10,12,14,23H,3-4,7-9,11H2,1H3,(H,24,27);1H. The monoisotopic (exact) mass is 416 g/mol. The normalized spacial score (nSPS) is 17.1. The number of hydrogen-bond donors (Lipinski definition) is 2. The highest BCUT2D eigenvalue weighted by molar-refractivity contribution is 5.95. The van der Waals surface area contributed by atoms with Gasteiger partial charge < -0.3 is 10.6 Å². The van der Waals surface area contributed by atoms with Gasteiger partial charge in [0.15, 0.2) is 0 Å². The summed E-state index contributed by atoms with van der Waals surface area (Å²) >= 11 is 0. The quantitative estimate of drug-likeness (QED) is 0.780. The summed E-state index contributed by atoms with van der Waals surface area (Å²) in [4.78, 5) is 12.4. The first-order valence-electron chi connectivity index (χ1n) is 9.07. The van der Waals surface area contributed by atoms with Crippen LogP contribution in [-0.4, -0.2) is 35.3 Å². The molecular formula is C19H24ClF3N4O. The lowest BCUT2D eigenvalue weighted by Crippen LogP contribution is -2.33. The van der Waals surface area contributed by atoms with Crippen LogP contribution < -0.4 is 10.6 Å². The molecule has 9 heteroatoms. The third-order valence-electron chi connectivity index (χ3n) is 4.91. The molecule has 2 heterocycles. The van der Waals surface area contributed by atoms with Crippen molar-refractivity contribution in [2.45, 2.75) is 32.4 Å². The van der Waals surface area contributed by atoms with Gasteiger partial charge >= 0.3 is 6.18 Å². The topological polar surface area (TPSA) is 59.0 Å². The predicted molar refractivity (Wildman–Crippen MR) is 103 cm³/mol. The highest BCUT2D eigenvalue weighted by atomic mass is 35.5. The van der Waals surface area contributed by atoms with Crippen LogP contribution in [0, 0.1) is 12.8 Å². The molecule has 1 aliphatic rings. The molecule has 0 aliphatic carbocycles. The molecule has 5 nitrogen and oxygen atoms in total. The van der Waals surface area contributed by atoms with E-state index in [2.05, 4.69) is 15.7 Å². The Morgan fingerprint density at radius 3 is 2.86 bits per heavy atom. The van der Waals surface area contributed by atoms with Gasteiger partial charge in [-0.05, 0) is 63.4 Å². The minimum absolute atomic E-state index is 0. The molecule has 2 N–H and O–H groups in total. The summed E-state index contributed by atoms with van der Waals surface area (Å²) in [6.07, 6.45) is 0.189. The third-order valence-corrected chi connectivity index (χ3v) is 4.91. The number of carbonyl (C=O) groups excluding carboxylic acids is 1. The summed E-state index contributed by atoms with van der Waals surface area (Å²) in [6, 6.07) is 4.90. The van der Waals surface area contributed by atoms with Gasteiger partial charge in [0.1, 0.15) is 0 Å². The smallest absolute Gasteiger partial charge is 0.352 e. The zero-order chi connectivity index (χ0) is 19.4. The van der Waals surface area contributed by atoms with Gasteiger partial charge in [-0.3, -0.25) is 4.79 Å². The van der Waals surface area contributed by atoms with Crippen molar-refractivity contribution in [2.24, 2.45) is 5.92 Å². The largest absolute Gasteiger partial charge is 0.416 e. The van der Waals surface area contributed by atoms with E-state index in [4.69, 9.17) is 0 Å². The number of hydrogen-bond acceptors (Lipinski definition) is 3. The van der Waals surface area contributed by atoms with Crippen molar-refractivity contribution in [1.82, 2.24) is 20.4 Å². The van der Waals surface area contributed by atoms with Gasteiger partial charge in [-0.15, -0.1) is 12.4 Å². The van der Waals surface area contributed by atoms with Crippen LogP contribution in [0.2, 0.25) is 0 Å². The van der Waals surface area contributed by atoms with Gasteiger partial charge in [0.05, 0.1) is 28.7 Å². The molecule has 1 atom stereocenters. The van der Waals surface area contributed by atoms with Crippen LogP contribution in [-0.2, 0) is 6.18 Å². The zero-order valence-corrected chi connectivity index (χ0v) is 16.4. The molecule has 1 amide bonds. The Hall–Kier alpha value is -2.06. The molecule has 154 valence electrons. The summed E-state index contributed by atoms with van der Waals surface area (Å²) in [5, 5.41) is 10.3. The lowest BCUT2D eigenvalue weighted by Gasteiger charge is -2.22. The van der Waals surface area contributed by atoms with Crippen LogP contribution in [0.25, 0.3) is 5.69 Å². The second kappa shape index (κ2) is 9.43. The Labute approximate surface area is 168 Å². The van der Waals surface area contributed by atoms with E-state index in [0.29, 0.717) is 23.7 Å². The van der Waals surface area contributed by atoms with Gasteiger partial charge in [0.25, 0.3) is 5.91 Å². The molecule has 1 fully saturated rings. The van der Waals surface area contributed by atoms with E-state index < -0.39 is 11.7 Å². The fourth-order valence-corrected chi connectivity index (χ4v) is 3.36. The number of nitrogens with one attached hydrogen (secondary N) is 2. The second-order valence-corrected chi connectivity index (χ2v) is 6.86. The highest BCUT2D eigenvalue weighted by Crippen LogP contribution is 2.30. The number of amides is 1. The molecule has 1 aromatic carbocycles. The molecule has 3 rings (SSSR count). The first-order chi connectivity index (χ1) is 12.9. The predicted octanol–water partition coefficient (Wildman–Crippen LogP) is 3.74. The number of rotatable bonds is 5. The van der Waals surface area contributed by atoms with Crippen molar-refractivity contribution in [1.29, 1.82) is 0 Å². The van der Waals surface area contributed by atoms with E-state index in [9.17, 15) is 18.0 Å². The zero-order valence-electron chi connectivity index (χ0n) is 15.6. The van der Waals surface area contributed by atoms with Crippen LogP contribution in [0.3, 0.4) is 0 Å². The number of alkyl halides is 3. The van der Waals surface area contributed by atoms with Crippen molar-refractivity contribution >= 4 is 18.3 Å². The number of nitrogens with zero attached hydrogens (tertiary/aromatic N) is 2. The summed E-state index contributed by atoms with van der Waals surface area (Å²) in [5.74, 6) is 0.308. The minimum atomic E-state index is -4.43. The number of carbonyl (C=O) groups is 1. The van der Waals surface area contributed by atoms with E-state index in [1.165, 1.54) is 23.0 Å². The van der Waals surface area contributed by atoms with Crippen LogP contribution in [0.1, 0.15) is 40.9 Å². The summed E-state index contributed by atoms with van der Waals surface area (Å²) in [6.45, 7) is 4.27. The lowest BCUT2D eigenvalue weighted by molar-refractivity contribution is -0.137. The Morgan fingerprint density at radius 2 is 2.18 bits per heavy atom. The average molecular weight is 417 g/mol. The summed E-state index contributed by atoms with van der Waals surface area (Å²) in [5.41, 5.74) is 0.400. The number of halogens is 4. The van der Waals surface area contributed by atoms with Crippen molar-refractivity contribution in [3.05, 3.63) is 47.3 Å². The lowest BCUT2D eigenvalue weighted by atomic mass is 9.96. The van der Waals surface area contributed by atoms with Crippen LogP contribution >= 0.6 is 12.4 Å². The van der Waals surface area contributed by atoms with E-state index in [0.717, 1.165) is 44.5 Å². The van der Waals surface area contributed by atoms with E-state index in [1.54, 1.807) is 6.92 Å². The molecule has 0 radical (unpaired) electrons. The molecule has 0 spiro atoms. The van der Waals surface area contributed by atoms with Gasteiger partial charge in [0, 0.05) is 6.54 Å². The van der Waals surface area contributed by atoms with Gasteiger partial charge in [0.2, 0.25) is 0 Å². The molecule has 1 saturated heterocycles. The van der Waals surface area contributed by atoms with Crippen molar-refractivity contribution in [3.63, 3.8) is 0 Å². The Kier molecular flexibility index (Phi) is 7.48. The molecule has 0 saturated carbocycles. The van der Waals surface area contributed by atoms with Gasteiger partial charge in [-0.1, -0.05) is 6.07 Å². The van der Waals surface area contributed by atoms with Crippen LogP contribution in [0.15, 0.2) is 30.5 Å². The molecule has 1 unspecified atom stereocenters. The van der Waals surface area contributed by atoms with Gasteiger partial charge in [-0.25, -0.2) is 4.68 Å². The molecule has 0 bridgehead atoms. The Balaban J connectivity index is 0.00000280. The summed E-state index contributed by atoms with van der Waals surface area (Å²) in [7, 11) is 0. The molecular weight excluding hydrogens is 393 g/mol. The minimum Gasteiger partial charge on any atom is -0.352 e. The SMILES string of the molecule is Cc1c(C(=O)NCCC2CCCNC2)cnn1-c1cccc(C(F)(F)F)c1.Cl. The Morgan fingerprint density at radius 1 is 1.39 bits per heavy atom. The Bertz CT molecular complexity index is 801. The fraction of sp³-hybridized carbons (Fsp3) is 0.474. The number of aromatic nitrogens is 2. The highest BCUT2D eigenvalue weighted by Gasteiger charge is 2.30. The van der Waals surface area contributed by atoms with E-state index >= 15 is 0 Å². The van der Waals surface area contributed by atoms with E-state index in [1.807, 2.05) is 0 Å². The maximum Gasteiger partial charge on any atom is 0.416 e. The van der Waals surface area contributed by atoms with Crippen LogP contribution in [0.4, 0.5) is 13.2 Å². The first kappa shape index (κ1) is 22.2. The number of benzene rings is 1. The third kappa shape index (κ3) is 5.26. The van der Waals surface area contributed by atoms with Crippen molar-refractivity contribution in [3.8, 4) is 5.69 Å². The van der Waals surface area contributed by atoms with E-state index in [-0.39, 0.29) is 24.0 Å². The van der Waals surface area contributed by atoms with Crippen molar-refractivity contribution < 1.29 is 18.0 Å². The van der Waals surface area contributed by atoms with Crippen LogP contribution in [0.5, 0.6) is 0 Å². The molecule has 2 aromatic rings. The van der Waals surface area contributed by atoms with Crippen molar-refractivity contribution in [2.75, 3.05) is 19.6 Å².